The Labute approximate surface area is 59.0 Å². The highest BCUT2D eigenvalue weighted by atomic mass is 35.5. The van der Waals surface area contributed by atoms with Gasteiger partial charge in [0.1, 0.15) is 10.8 Å². The molecule has 0 heterocycles. The van der Waals surface area contributed by atoms with Gasteiger partial charge in [-0.3, -0.25) is 0 Å². The second-order valence-electron chi connectivity index (χ2n) is 0.971. The third-order valence-electron chi connectivity index (χ3n) is 0.282. The highest BCUT2D eigenvalue weighted by molar-refractivity contribution is 6.55. The second kappa shape index (κ2) is 3.17. The van der Waals surface area contributed by atoms with Crippen LogP contribution in [-0.2, 0) is 4.74 Å². The lowest BCUT2D eigenvalue weighted by atomic mass is 11.1. The Morgan fingerprint density at radius 3 is 1.89 bits per heavy atom. The van der Waals surface area contributed by atoms with E-state index in [0.717, 1.165) is 0 Å². The largest absolute Gasteiger partial charge is 0.572 e. The summed E-state index contributed by atoms with van der Waals surface area (Å²) in [4.78, 5) is 0. The molecule has 0 aromatic heterocycles. The molecular weight excluding hydrogens is 180 g/mol. The van der Waals surface area contributed by atoms with Crippen LogP contribution in [0.15, 0.2) is 10.8 Å². The Bertz CT molecular complexity index is 115. The third kappa shape index (κ3) is 7.91. The monoisotopic (exact) mass is 180 g/mol. The minimum absolute atomic E-state index is 0.198. The Kier molecular flexibility index (Phi) is 3.14. The quantitative estimate of drug-likeness (QED) is 0.565. The van der Waals surface area contributed by atoms with Gasteiger partial charge in [-0.15, -0.1) is 13.2 Å². The number of hydrogen-bond acceptors (Lipinski definition) is 1. The molecular formula is C3HCl2F3O. The maximum atomic E-state index is 11.0. The number of alkyl halides is 3. The van der Waals surface area contributed by atoms with Crippen LogP contribution in [0.2, 0.25) is 0 Å². The standard InChI is InChI=1S/C3HCl2F3O/c4-2(5)1-9-3(6,7)8/h1H. The van der Waals surface area contributed by atoms with Crippen LogP contribution in [0, 0.1) is 0 Å². The first-order chi connectivity index (χ1) is 3.92. The molecule has 9 heavy (non-hydrogen) atoms. The SMILES string of the molecule is FC(F)(F)OC=C(Cl)Cl. The van der Waals surface area contributed by atoms with Crippen LogP contribution in [-0.4, -0.2) is 6.36 Å². The summed E-state index contributed by atoms with van der Waals surface area (Å²) in [6.07, 6.45) is -4.52. The molecule has 0 unspecified atom stereocenters. The van der Waals surface area contributed by atoms with Crippen LogP contribution in [0.4, 0.5) is 13.2 Å². The predicted octanol–water partition coefficient (Wildman–Crippen LogP) is 2.80. The molecule has 0 aliphatic rings. The van der Waals surface area contributed by atoms with Crippen LogP contribution >= 0.6 is 23.2 Å². The van der Waals surface area contributed by atoms with Crippen molar-refractivity contribution < 1.29 is 17.9 Å². The molecule has 0 aromatic carbocycles. The third-order valence-corrected chi connectivity index (χ3v) is 0.460. The first-order valence-electron chi connectivity index (χ1n) is 1.67. The van der Waals surface area contributed by atoms with E-state index in [-0.39, 0.29) is 6.26 Å². The molecule has 0 aliphatic carbocycles. The van der Waals surface area contributed by atoms with Gasteiger partial charge in [-0.05, 0) is 0 Å². The van der Waals surface area contributed by atoms with Gasteiger partial charge in [0.2, 0.25) is 0 Å². The van der Waals surface area contributed by atoms with E-state index in [1.807, 2.05) is 0 Å². The lowest BCUT2D eigenvalue weighted by Gasteiger charge is -2.01. The molecule has 0 saturated carbocycles. The summed E-state index contributed by atoms with van der Waals surface area (Å²) in [6.45, 7) is 0. The zero-order valence-corrected chi connectivity index (χ0v) is 5.39. The fourth-order valence-electron chi connectivity index (χ4n) is 0.111. The van der Waals surface area contributed by atoms with Crippen molar-refractivity contribution in [1.82, 2.24) is 0 Å². The van der Waals surface area contributed by atoms with Crippen molar-refractivity contribution in [3.8, 4) is 0 Å². The fraction of sp³-hybridized carbons (Fsp3) is 0.333. The van der Waals surface area contributed by atoms with E-state index in [9.17, 15) is 13.2 Å². The van der Waals surface area contributed by atoms with Gasteiger partial charge in [-0.2, -0.15) is 0 Å². The first kappa shape index (κ1) is 8.91. The van der Waals surface area contributed by atoms with Gasteiger partial charge in [0.05, 0.1) is 0 Å². The first-order valence-corrected chi connectivity index (χ1v) is 2.43. The summed E-state index contributed by atoms with van der Waals surface area (Å²) in [5, 5.41) is 0. The fourth-order valence-corrected chi connectivity index (χ4v) is 0.200. The van der Waals surface area contributed by atoms with Gasteiger partial charge in [-0.25, -0.2) is 0 Å². The van der Waals surface area contributed by atoms with Gasteiger partial charge < -0.3 is 4.74 Å². The average molecular weight is 181 g/mol. The zero-order chi connectivity index (χ0) is 7.49. The number of halogens is 5. The van der Waals surface area contributed by atoms with Gasteiger partial charge in [-0.1, -0.05) is 23.2 Å². The maximum Gasteiger partial charge on any atom is 0.572 e. The summed E-state index contributed by atoms with van der Waals surface area (Å²) in [6, 6.07) is 0. The number of ether oxygens (including phenoxy) is 1. The van der Waals surface area contributed by atoms with E-state index in [4.69, 9.17) is 23.2 Å². The highest BCUT2D eigenvalue weighted by Gasteiger charge is 2.29. The maximum absolute atomic E-state index is 11.0. The van der Waals surface area contributed by atoms with E-state index in [0.29, 0.717) is 0 Å². The Hall–Kier alpha value is -0.0900. The average Bonchev–Trinajstić information content (AvgIpc) is 1.59. The van der Waals surface area contributed by atoms with Crippen LogP contribution < -0.4 is 0 Å². The van der Waals surface area contributed by atoms with Crippen molar-refractivity contribution in [1.29, 1.82) is 0 Å². The molecule has 54 valence electrons. The van der Waals surface area contributed by atoms with Crippen LogP contribution in [0.1, 0.15) is 0 Å². The van der Waals surface area contributed by atoms with E-state index in [1.165, 1.54) is 0 Å². The molecule has 0 amide bonds. The summed E-state index contributed by atoms with van der Waals surface area (Å²) in [5.41, 5.74) is 0. The molecule has 0 bridgehead atoms. The molecule has 0 radical (unpaired) electrons. The molecule has 0 N–H and O–H groups in total. The smallest absolute Gasteiger partial charge is 0.411 e. The van der Waals surface area contributed by atoms with E-state index in [2.05, 4.69) is 4.74 Å². The second-order valence-corrected chi connectivity index (χ2v) is 1.98. The number of hydrogen-bond donors (Lipinski definition) is 0. The molecule has 0 aliphatic heterocycles. The molecule has 0 atom stereocenters. The van der Waals surface area contributed by atoms with Crippen LogP contribution in [0.25, 0.3) is 0 Å². The van der Waals surface area contributed by atoms with Crippen molar-refractivity contribution in [3.63, 3.8) is 0 Å². The molecule has 6 heteroatoms. The Morgan fingerprint density at radius 2 is 1.78 bits per heavy atom. The highest BCUT2D eigenvalue weighted by Crippen LogP contribution is 2.18. The molecule has 0 fully saturated rings. The van der Waals surface area contributed by atoms with Gasteiger partial charge >= 0.3 is 6.36 Å². The van der Waals surface area contributed by atoms with Crippen molar-refractivity contribution >= 4 is 23.2 Å². The van der Waals surface area contributed by atoms with Crippen molar-refractivity contribution in [2.75, 3.05) is 0 Å². The Morgan fingerprint density at radius 1 is 1.33 bits per heavy atom. The molecule has 0 spiro atoms. The molecule has 0 rings (SSSR count). The van der Waals surface area contributed by atoms with Gasteiger partial charge in [0.15, 0.2) is 0 Å². The minimum atomic E-state index is -4.71. The van der Waals surface area contributed by atoms with E-state index < -0.39 is 10.9 Å². The summed E-state index contributed by atoms with van der Waals surface area (Å²) >= 11 is 9.57. The Balaban J connectivity index is 3.64. The van der Waals surface area contributed by atoms with Gasteiger partial charge in [0.25, 0.3) is 0 Å². The van der Waals surface area contributed by atoms with Crippen molar-refractivity contribution in [2.24, 2.45) is 0 Å². The zero-order valence-electron chi connectivity index (χ0n) is 3.88. The number of rotatable bonds is 1. The van der Waals surface area contributed by atoms with Gasteiger partial charge in [0, 0.05) is 0 Å². The van der Waals surface area contributed by atoms with Crippen LogP contribution in [0.3, 0.4) is 0 Å². The minimum Gasteiger partial charge on any atom is -0.411 e. The molecule has 1 nitrogen and oxygen atoms in total. The van der Waals surface area contributed by atoms with Crippen molar-refractivity contribution in [2.45, 2.75) is 6.36 Å². The summed E-state index contributed by atoms with van der Waals surface area (Å²) in [5.74, 6) is 0. The molecule has 0 saturated heterocycles. The molecule has 0 aromatic rings. The van der Waals surface area contributed by atoms with Crippen LogP contribution in [0.5, 0.6) is 0 Å². The summed E-state index contributed by atoms with van der Waals surface area (Å²) < 4.78 is 35.6. The topological polar surface area (TPSA) is 9.23 Å². The predicted molar refractivity (Wildman–Crippen MR) is 26.9 cm³/mol. The van der Waals surface area contributed by atoms with E-state index in [1.54, 1.807) is 0 Å². The van der Waals surface area contributed by atoms with E-state index >= 15 is 0 Å². The lowest BCUT2D eigenvalue weighted by molar-refractivity contribution is -0.298. The normalized spacial score (nSPS) is 10.8. The van der Waals surface area contributed by atoms with Crippen molar-refractivity contribution in [3.05, 3.63) is 10.8 Å². The summed E-state index contributed by atoms with van der Waals surface area (Å²) in [7, 11) is 0. The lowest BCUT2D eigenvalue weighted by Crippen LogP contribution is -2.08.